The second kappa shape index (κ2) is 7.56. The lowest BCUT2D eigenvalue weighted by atomic mass is 10.0. The van der Waals surface area contributed by atoms with Crippen molar-refractivity contribution in [3.05, 3.63) is 17.6 Å². The molecule has 1 aliphatic heterocycles. The molecule has 154 valence electrons. The lowest BCUT2D eigenvalue weighted by molar-refractivity contribution is -0.146. The second-order valence-electron chi connectivity index (χ2n) is 8.70. The van der Waals surface area contributed by atoms with Gasteiger partial charge in [-0.15, -0.1) is 0 Å². The van der Waals surface area contributed by atoms with Crippen LogP contribution in [-0.2, 0) is 14.3 Å². The van der Waals surface area contributed by atoms with E-state index in [1.807, 2.05) is 20.8 Å². The van der Waals surface area contributed by atoms with Crippen molar-refractivity contribution in [2.24, 2.45) is 0 Å². The molecule has 8 nitrogen and oxygen atoms in total. The van der Waals surface area contributed by atoms with Gasteiger partial charge in [0.2, 0.25) is 0 Å². The fourth-order valence-corrected chi connectivity index (χ4v) is 3.98. The number of fused-ring (bicyclic) bond motifs is 1. The van der Waals surface area contributed by atoms with E-state index in [4.69, 9.17) is 9.47 Å². The highest BCUT2D eigenvalue weighted by Gasteiger charge is 2.38. The molecule has 0 spiro atoms. The lowest BCUT2D eigenvalue weighted by Crippen LogP contribution is -2.55. The van der Waals surface area contributed by atoms with E-state index in [0.29, 0.717) is 26.1 Å². The van der Waals surface area contributed by atoms with Crippen molar-refractivity contribution in [2.45, 2.75) is 71.6 Å². The van der Waals surface area contributed by atoms with Crippen LogP contribution in [0.2, 0.25) is 0 Å². The summed E-state index contributed by atoms with van der Waals surface area (Å²) in [6, 6.07) is 0.0836. The minimum Gasteiger partial charge on any atom is -0.456 e. The van der Waals surface area contributed by atoms with Crippen molar-refractivity contribution in [1.82, 2.24) is 14.9 Å². The van der Waals surface area contributed by atoms with Crippen molar-refractivity contribution in [2.75, 3.05) is 24.5 Å². The molecule has 1 amide bonds. The molecule has 0 saturated carbocycles. The number of piperazine rings is 1. The van der Waals surface area contributed by atoms with Gasteiger partial charge < -0.3 is 19.3 Å². The van der Waals surface area contributed by atoms with Crippen LogP contribution in [0.3, 0.4) is 0 Å². The molecule has 1 saturated heterocycles. The van der Waals surface area contributed by atoms with Crippen molar-refractivity contribution in [1.29, 1.82) is 0 Å². The number of carbonyl (C=O) groups is 2. The molecule has 1 fully saturated rings. The van der Waals surface area contributed by atoms with Crippen molar-refractivity contribution >= 4 is 17.9 Å². The van der Waals surface area contributed by atoms with Crippen LogP contribution < -0.4 is 4.90 Å². The van der Waals surface area contributed by atoms with E-state index < -0.39 is 5.60 Å². The Morgan fingerprint density at radius 2 is 1.89 bits per heavy atom. The molecule has 2 heterocycles. The average Bonchev–Trinajstić information content (AvgIpc) is 2.89. The minimum absolute atomic E-state index is 0.0836. The zero-order valence-electron chi connectivity index (χ0n) is 17.6. The topological polar surface area (TPSA) is 84.9 Å². The molecule has 0 bridgehead atoms. The number of amides is 1. The van der Waals surface area contributed by atoms with Gasteiger partial charge in [0.15, 0.2) is 0 Å². The summed E-state index contributed by atoms with van der Waals surface area (Å²) in [6.45, 7) is 13.0. The summed E-state index contributed by atoms with van der Waals surface area (Å²) in [5.74, 6) is 0.777. The van der Waals surface area contributed by atoms with Crippen LogP contribution >= 0.6 is 0 Å². The molecule has 1 aromatic heterocycles. The van der Waals surface area contributed by atoms with Gasteiger partial charge in [0, 0.05) is 38.2 Å². The molecule has 3 rings (SSSR count). The highest BCUT2D eigenvalue weighted by atomic mass is 16.6. The first-order valence-corrected chi connectivity index (χ1v) is 9.83. The van der Waals surface area contributed by atoms with Gasteiger partial charge in [0.05, 0.1) is 5.69 Å². The smallest absolute Gasteiger partial charge is 0.410 e. The summed E-state index contributed by atoms with van der Waals surface area (Å²) in [5, 5.41) is 0. The summed E-state index contributed by atoms with van der Waals surface area (Å²) >= 11 is 0. The van der Waals surface area contributed by atoms with Crippen molar-refractivity contribution < 1.29 is 19.1 Å². The van der Waals surface area contributed by atoms with Crippen LogP contribution in [0.1, 0.15) is 71.2 Å². The SMILES string of the molecule is CC(=O)O[C@@H]1C[C@@H](C)c2c1ncnc2N1CCN(C(=O)OC(C)(C)C)CC1C. The van der Waals surface area contributed by atoms with Crippen LogP contribution in [0, 0.1) is 0 Å². The van der Waals surface area contributed by atoms with Crippen LogP contribution in [0.15, 0.2) is 6.33 Å². The van der Waals surface area contributed by atoms with Gasteiger partial charge >= 0.3 is 12.1 Å². The van der Waals surface area contributed by atoms with Gasteiger partial charge in [-0.2, -0.15) is 0 Å². The normalized spacial score (nSPS) is 24.7. The first-order chi connectivity index (χ1) is 13.1. The number of hydrogen-bond acceptors (Lipinski definition) is 7. The number of anilines is 1. The van der Waals surface area contributed by atoms with E-state index in [1.165, 1.54) is 13.3 Å². The second-order valence-corrected chi connectivity index (χ2v) is 8.70. The third kappa shape index (κ3) is 4.20. The number of esters is 1. The molecular formula is C20H30N4O4. The van der Waals surface area contributed by atoms with Gasteiger partial charge in [0.1, 0.15) is 23.9 Å². The predicted molar refractivity (Wildman–Crippen MR) is 104 cm³/mol. The number of nitrogens with zero attached hydrogens (tertiary/aromatic N) is 4. The zero-order valence-corrected chi connectivity index (χ0v) is 17.6. The van der Waals surface area contributed by atoms with Crippen LogP contribution in [0.25, 0.3) is 0 Å². The maximum Gasteiger partial charge on any atom is 0.410 e. The Hall–Kier alpha value is -2.38. The molecule has 8 heteroatoms. The third-order valence-corrected chi connectivity index (χ3v) is 5.12. The average molecular weight is 390 g/mol. The summed E-state index contributed by atoms with van der Waals surface area (Å²) in [5.41, 5.74) is 1.34. The molecule has 0 N–H and O–H groups in total. The Bertz CT molecular complexity index is 761. The summed E-state index contributed by atoms with van der Waals surface area (Å²) in [7, 11) is 0. The molecule has 0 radical (unpaired) electrons. The first kappa shape index (κ1) is 20.4. The van der Waals surface area contributed by atoms with Gasteiger partial charge in [-0.25, -0.2) is 14.8 Å². The number of carbonyl (C=O) groups excluding carboxylic acids is 2. The first-order valence-electron chi connectivity index (χ1n) is 9.83. The summed E-state index contributed by atoms with van der Waals surface area (Å²) in [6.07, 6.45) is 1.65. The van der Waals surface area contributed by atoms with Gasteiger partial charge in [-0.05, 0) is 40.0 Å². The number of ether oxygens (including phenoxy) is 2. The Balaban J connectivity index is 1.78. The fraction of sp³-hybridized carbons (Fsp3) is 0.700. The predicted octanol–water partition coefficient (Wildman–Crippen LogP) is 3.03. The number of aromatic nitrogens is 2. The van der Waals surface area contributed by atoms with Gasteiger partial charge in [-0.1, -0.05) is 6.92 Å². The maximum absolute atomic E-state index is 12.4. The van der Waals surface area contributed by atoms with Crippen molar-refractivity contribution in [3.8, 4) is 0 Å². The Morgan fingerprint density at radius 1 is 1.18 bits per heavy atom. The van der Waals surface area contributed by atoms with Crippen LogP contribution in [0.4, 0.5) is 10.6 Å². The van der Waals surface area contributed by atoms with Crippen molar-refractivity contribution in [3.63, 3.8) is 0 Å². The van der Waals surface area contributed by atoms with E-state index in [9.17, 15) is 9.59 Å². The van der Waals surface area contributed by atoms with Gasteiger partial charge in [-0.3, -0.25) is 4.79 Å². The van der Waals surface area contributed by atoms with Gasteiger partial charge in [0.25, 0.3) is 0 Å². The quantitative estimate of drug-likeness (QED) is 0.718. The molecular weight excluding hydrogens is 360 g/mol. The number of rotatable bonds is 2. The molecule has 1 aliphatic carbocycles. The Kier molecular flexibility index (Phi) is 5.50. The van der Waals surface area contributed by atoms with E-state index in [2.05, 4.69) is 28.7 Å². The molecule has 1 aromatic rings. The highest BCUT2D eigenvalue weighted by Crippen LogP contribution is 2.45. The van der Waals surface area contributed by atoms with Crippen LogP contribution in [-0.4, -0.2) is 58.2 Å². The molecule has 0 aromatic carbocycles. The minimum atomic E-state index is -0.508. The standard InChI is InChI=1S/C20H30N4O4/c1-12-9-15(27-14(3)25)17-16(12)18(22-11-21-17)24-8-7-23(10-13(24)2)19(26)28-20(4,5)6/h11-13,15H,7-10H2,1-6H3/t12-,13?,15-/m1/s1. The molecule has 1 unspecified atom stereocenters. The van der Waals surface area contributed by atoms with E-state index in [1.54, 1.807) is 4.90 Å². The number of hydrogen-bond donors (Lipinski definition) is 0. The Morgan fingerprint density at radius 3 is 2.50 bits per heavy atom. The highest BCUT2D eigenvalue weighted by molar-refractivity contribution is 5.69. The maximum atomic E-state index is 12.4. The lowest BCUT2D eigenvalue weighted by Gasteiger charge is -2.41. The summed E-state index contributed by atoms with van der Waals surface area (Å²) < 4.78 is 11.0. The van der Waals surface area contributed by atoms with E-state index in [-0.39, 0.29) is 30.1 Å². The van der Waals surface area contributed by atoms with E-state index >= 15 is 0 Å². The summed E-state index contributed by atoms with van der Waals surface area (Å²) in [4.78, 5) is 36.8. The zero-order chi connectivity index (χ0) is 20.6. The van der Waals surface area contributed by atoms with E-state index in [0.717, 1.165) is 17.1 Å². The molecule has 28 heavy (non-hydrogen) atoms. The largest absolute Gasteiger partial charge is 0.456 e. The fourth-order valence-electron chi connectivity index (χ4n) is 3.98. The Labute approximate surface area is 166 Å². The third-order valence-electron chi connectivity index (χ3n) is 5.12. The monoisotopic (exact) mass is 390 g/mol. The van der Waals surface area contributed by atoms with Crippen LogP contribution in [0.5, 0.6) is 0 Å². The molecule has 3 atom stereocenters. The molecule has 2 aliphatic rings.